The van der Waals surface area contributed by atoms with Crippen molar-refractivity contribution < 1.29 is 9.59 Å². The summed E-state index contributed by atoms with van der Waals surface area (Å²) >= 11 is 0. The Labute approximate surface area is 119 Å². The summed E-state index contributed by atoms with van der Waals surface area (Å²) in [6.07, 6.45) is 0.283. The number of nitrogens with one attached hydrogen (secondary N) is 1. The summed E-state index contributed by atoms with van der Waals surface area (Å²) in [6, 6.07) is 6.98. The molecule has 0 atom stereocenters. The van der Waals surface area contributed by atoms with Gasteiger partial charge in [0.1, 0.15) is 0 Å². The van der Waals surface area contributed by atoms with Crippen LogP contribution in [0.4, 0.5) is 0 Å². The van der Waals surface area contributed by atoms with E-state index in [1.807, 2.05) is 6.07 Å². The largest absolute Gasteiger partial charge is 0.352 e. The highest BCUT2D eigenvalue weighted by molar-refractivity contribution is 5.94. The summed E-state index contributed by atoms with van der Waals surface area (Å²) < 4.78 is 0. The Hall–Kier alpha value is -2.32. The van der Waals surface area contributed by atoms with Crippen LogP contribution in [-0.2, 0) is 4.79 Å². The standard InChI is InChI=1S/C15H19N3O2/c1-18(2)14(19)8-10-17-15(20)13-7-3-5-12(11-13)6-4-9-16/h3,5,7,11H,8-10,16H2,1-2H3,(H,17,20). The molecule has 106 valence electrons. The smallest absolute Gasteiger partial charge is 0.251 e. The van der Waals surface area contributed by atoms with E-state index in [0.717, 1.165) is 5.56 Å². The summed E-state index contributed by atoms with van der Waals surface area (Å²) in [5, 5.41) is 2.71. The molecule has 0 aliphatic rings. The first-order valence-corrected chi connectivity index (χ1v) is 6.32. The maximum absolute atomic E-state index is 11.9. The topological polar surface area (TPSA) is 75.4 Å². The van der Waals surface area contributed by atoms with Gasteiger partial charge in [0, 0.05) is 38.2 Å². The van der Waals surface area contributed by atoms with E-state index >= 15 is 0 Å². The van der Waals surface area contributed by atoms with Crippen molar-refractivity contribution in [3.05, 3.63) is 35.4 Å². The van der Waals surface area contributed by atoms with Crippen LogP contribution in [0, 0.1) is 11.8 Å². The molecule has 0 unspecified atom stereocenters. The number of carbonyl (C=O) groups excluding carboxylic acids is 2. The Kier molecular flexibility index (Phi) is 6.27. The average Bonchev–Trinajstić information content (AvgIpc) is 2.45. The highest BCUT2D eigenvalue weighted by Crippen LogP contribution is 2.04. The van der Waals surface area contributed by atoms with Crippen LogP contribution in [0.1, 0.15) is 22.3 Å². The lowest BCUT2D eigenvalue weighted by Crippen LogP contribution is -2.30. The lowest BCUT2D eigenvalue weighted by Gasteiger charge is -2.10. The van der Waals surface area contributed by atoms with Gasteiger partial charge in [-0.2, -0.15) is 0 Å². The summed E-state index contributed by atoms with van der Waals surface area (Å²) in [5.41, 5.74) is 6.57. The van der Waals surface area contributed by atoms with E-state index in [9.17, 15) is 9.59 Å². The molecule has 0 bridgehead atoms. The van der Waals surface area contributed by atoms with E-state index in [1.165, 1.54) is 4.90 Å². The van der Waals surface area contributed by atoms with Gasteiger partial charge < -0.3 is 16.0 Å². The zero-order chi connectivity index (χ0) is 15.0. The molecule has 0 fully saturated rings. The minimum Gasteiger partial charge on any atom is -0.352 e. The number of nitrogens with zero attached hydrogens (tertiary/aromatic N) is 1. The van der Waals surface area contributed by atoms with Gasteiger partial charge >= 0.3 is 0 Å². The van der Waals surface area contributed by atoms with Crippen molar-refractivity contribution in [2.75, 3.05) is 27.2 Å². The molecule has 0 saturated carbocycles. The second-order valence-electron chi connectivity index (χ2n) is 4.38. The zero-order valence-corrected chi connectivity index (χ0v) is 11.8. The minimum atomic E-state index is -0.215. The molecule has 0 spiro atoms. The van der Waals surface area contributed by atoms with Crippen LogP contribution >= 0.6 is 0 Å². The van der Waals surface area contributed by atoms with E-state index in [-0.39, 0.29) is 24.8 Å². The third kappa shape index (κ3) is 5.12. The fraction of sp³-hybridized carbons (Fsp3) is 0.333. The summed E-state index contributed by atoms with van der Waals surface area (Å²) in [6.45, 7) is 0.595. The number of nitrogens with two attached hydrogens (primary N) is 1. The molecule has 5 nitrogen and oxygen atoms in total. The monoisotopic (exact) mass is 273 g/mol. The Morgan fingerprint density at radius 1 is 1.35 bits per heavy atom. The van der Waals surface area contributed by atoms with E-state index in [1.54, 1.807) is 32.3 Å². The third-order valence-corrected chi connectivity index (χ3v) is 2.58. The highest BCUT2D eigenvalue weighted by atomic mass is 16.2. The normalized spacial score (nSPS) is 9.35. The molecule has 3 N–H and O–H groups in total. The molecule has 0 radical (unpaired) electrons. The Bertz CT molecular complexity index is 542. The van der Waals surface area contributed by atoms with E-state index in [4.69, 9.17) is 5.73 Å². The number of amides is 2. The van der Waals surface area contributed by atoms with Crippen LogP contribution in [0.5, 0.6) is 0 Å². The second-order valence-corrected chi connectivity index (χ2v) is 4.38. The summed E-state index contributed by atoms with van der Waals surface area (Å²) in [4.78, 5) is 24.8. The van der Waals surface area contributed by atoms with Crippen LogP contribution in [0.2, 0.25) is 0 Å². The Morgan fingerprint density at radius 3 is 2.75 bits per heavy atom. The fourth-order valence-electron chi connectivity index (χ4n) is 1.50. The maximum atomic E-state index is 11.9. The summed E-state index contributed by atoms with van der Waals surface area (Å²) in [7, 11) is 3.37. The quantitative estimate of drug-likeness (QED) is 0.770. The molecule has 0 heterocycles. The highest BCUT2D eigenvalue weighted by Gasteiger charge is 2.07. The van der Waals surface area contributed by atoms with Gasteiger partial charge in [-0.15, -0.1) is 0 Å². The predicted molar refractivity (Wildman–Crippen MR) is 78.0 cm³/mol. The van der Waals surface area contributed by atoms with Crippen LogP contribution in [0.15, 0.2) is 24.3 Å². The number of hydrogen-bond acceptors (Lipinski definition) is 3. The molecule has 0 saturated heterocycles. The number of rotatable bonds is 4. The van der Waals surface area contributed by atoms with E-state index < -0.39 is 0 Å². The van der Waals surface area contributed by atoms with Crippen molar-refractivity contribution in [3.63, 3.8) is 0 Å². The average molecular weight is 273 g/mol. The van der Waals surface area contributed by atoms with Gasteiger partial charge in [0.25, 0.3) is 5.91 Å². The van der Waals surface area contributed by atoms with Crippen LogP contribution in [0.3, 0.4) is 0 Å². The Morgan fingerprint density at radius 2 is 2.10 bits per heavy atom. The predicted octanol–water partition coefficient (Wildman–Crippen LogP) is 0.205. The van der Waals surface area contributed by atoms with Gasteiger partial charge in [-0.05, 0) is 18.2 Å². The van der Waals surface area contributed by atoms with Crippen molar-refractivity contribution in [3.8, 4) is 11.8 Å². The van der Waals surface area contributed by atoms with Crippen molar-refractivity contribution in [2.45, 2.75) is 6.42 Å². The number of benzene rings is 1. The molecule has 1 aromatic rings. The molecular weight excluding hydrogens is 254 g/mol. The third-order valence-electron chi connectivity index (χ3n) is 2.58. The van der Waals surface area contributed by atoms with E-state index in [0.29, 0.717) is 12.1 Å². The lowest BCUT2D eigenvalue weighted by atomic mass is 10.1. The lowest BCUT2D eigenvalue weighted by molar-refractivity contribution is -0.128. The first-order chi connectivity index (χ1) is 9.54. The molecule has 0 aliphatic heterocycles. The molecular formula is C15H19N3O2. The van der Waals surface area contributed by atoms with Gasteiger partial charge in [0.2, 0.25) is 5.91 Å². The van der Waals surface area contributed by atoms with Crippen LogP contribution in [-0.4, -0.2) is 43.9 Å². The first-order valence-electron chi connectivity index (χ1n) is 6.32. The molecule has 0 aliphatic carbocycles. The van der Waals surface area contributed by atoms with E-state index in [2.05, 4.69) is 17.2 Å². The fourth-order valence-corrected chi connectivity index (χ4v) is 1.50. The van der Waals surface area contributed by atoms with Gasteiger partial charge in [-0.25, -0.2) is 0 Å². The van der Waals surface area contributed by atoms with Crippen molar-refractivity contribution in [2.24, 2.45) is 5.73 Å². The zero-order valence-electron chi connectivity index (χ0n) is 11.8. The van der Waals surface area contributed by atoms with Gasteiger partial charge in [-0.3, -0.25) is 9.59 Å². The van der Waals surface area contributed by atoms with Gasteiger partial charge in [0.05, 0.1) is 6.54 Å². The molecule has 0 aromatic heterocycles. The van der Waals surface area contributed by atoms with Crippen LogP contribution in [0.25, 0.3) is 0 Å². The van der Waals surface area contributed by atoms with Crippen molar-refractivity contribution >= 4 is 11.8 Å². The second kappa shape index (κ2) is 7.97. The minimum absolute atomic E-state index is 0.0205. The van der Waals surface area contributed by atoms with Gasteiger partial charge in [-0.1, -0.05) is 17.9 Å². The molecule has 1 rings (SSSR count). The molecule has 20 heavy (non-hydrogen) atoms. The van der Waals surface area contributed by atoms with Gasteiger partial charge in [0.15, 0.2) is 0 Å². The van der Waals surface area contributed by atoms with Crippen molar-refractivity contribution in [1.29, 1.82) is 0 Å². The van der Waals surface area contributed by atoms with Crippen molar-refractivity contribution in [1.82, 2.24) is 10.2 Å². The number of carbonyl (C=O) groups is 2. The Balaban J connectivity index is 2.57. The number of hydrogen-bond donors (Lipinski definition) is 2. The summed E-state index contributed by atoms with van der Waals surface area (Å²) in [5.74, 6) is 5.37. The first kappa shape index (κ1) is 15.7. The molecule has 1 aromatic carbocycles. The molecule has 2 amide bonds. The molecule has 5 heteroatoms. The maximum Gasteiger partial charge on any atom is 0.251 e. The SMILES string of the molecule is CN(C)C(=O)CCNC(=O)c1cccc(C#CCN)c1. The van der Waals surface area contributed by atoms with Crippen LogP contribution < -0.4 is 11.1 Å².